The van der Waals surface area contributed by atoms with Gasteiger partial charge in [0, 0.05) is 31.2 Å². The molecule has 9 heteroatoms. The van der Waals surface area contributed by atoms with E-state index in [1.54, 1.807) is 68.4 Å². The van der Waals surface area contributed by atoms with Crippen LogP contribution in [-0.2, 0) is 14.4 Å². The van der Waals surface area contributed by atoms with Gasteiger partial charge >= 0.3 is 0 Å². The topological polar surface area (TPSA) is 115 Å². The maximum atomic E-state index is 13.0. The molecule has 0 saturated carbocycles. The highest BCUT2D eigenvalue weighted by molar-refractivity contribution is 6.20. The summed E-state index contributed by atoms with van der Waals surface area (Å²) in [6, 6.07) is 13.5. The van der Waals surface area contributed by atoms with E-state index in [-0.39, 0.29) is 24.0 Å². The second-order valence-electron chi connectivity index (χ2n) is 9.71. The summed E-state index contributed by atoms with van der Waals surface area (Å²) < 4.78 is 7.31. The van der Waals surface area contributed by atoms with E-state index in [1.165, 1.54) is 9.47 Å². The number of aromatic nitrogens is 1. The number of anilines is 2. The maximum absolute atomic E-state index is 13.0. The minimum atomic E-state index is -1.19. The van der Waals surface area contributed by atoms with Crippen LogP contribution in [0.5, 0.6) is 5.75 Å². The predicted molar refractivity (Wildman–Crippen MR) is 143 cm³/mol. The molecule has 3 amide bonds. The lowest BCUT2D eigenvalue weighted by atomic mass is 9.90. The number of nitrogens with two attached hydrogens (primary N) is 1. The number of carbonyl (C=O) groups is 3. The molecule has 2 heterocycles. The van der Waals surface area contributed by atoms with Gasteiger partial charge < -0.3 is 24.8 Å². The second-order valence-corrected chi connectivity index (χ2v) is 9.71. The van der Waals surface area contributed by atoms with E-state index in [4.69, 9.17) is 10.5 Å². The van der Waals surface area contributed by atoms with E-state index >= 15 is 0 Å². The molecule has 37 heavy (non-hydrogen) atoms. The van der Waals surface area contributed by atoms with Crippen LogP contribution in [0.1, 0.15) is 39.7 Å². The van der Waals surface area contributed by atoms with Gasteiger partial charge in [-0.2, -0.15) is 0 Å². The third-order valence-electron chi connectivity index (χ3n) is 6.93. The summed E-state index contributed by atoms with van der Waals surface area (Å²) >= 11 is 0. The number of amides is 3. The van der Waals surface area contributed by atoms with Crippen molar-refractivity contribution < 1.29 is 19.1 Å². The Hall–Kier alpha value is -4.14. The number of fused-ring (bicyclic) bond motifs is 2. The zero-order valence-corrected chi connectivity index (χ0v) is 21.6. The summed E-state index contributed by atoms with van der Waals surface area (Å²) in [6.07, 6.45) is 2.39. The first-order valence-electron chi connectivity index (χ1n) is 12.3. The molecule has 1 atom stereocenters. The SMILES string of the molecule is CCN1C(=O)C(C)(C)C(=O)N(C)c2cc(OCCCC(C(N)=O)n3ccc4ccccc4c3=O)ccc21. The largest absolute Gasteiger partial charge is 0.494 e. The van der Waals surface area contributed by atoms with Crippen molar-refractivity contribution in [2.75, 3.05) is 30.0 Å². The van der Waals surface area contributed by atoms with Gasteiger partial charge in [-0.25, -0.2) is 0 Å². The highest BCUT2D eigenvalue weighted by Crippen LogP contribution is 2.40. The lowest BCUT2D eigenvalue weighted by Gasteiger charge is -2.27. The molecule has 1 unspecified atom stereocenters. The van der Waals surface area contributed by atoms with Crippen molar-refractivity contribution in [1.82, 2.24) is 4.57 Å². The molecule has 0 spiro atoms. The summed E-state index contributed by atoms with van der Waals surface area (Å²) in [5.41, 5.74) is 5.42. The monoisotopic (exact) mass is 504 g/mol. The van der Waals surface area contributed by atoms with Gasteiger partial charge in [0.15, 0.2) is 0 Å². The smallest absolute Gasteiger partial charge is 0.259 e. The summed E-state index contributed by atoms with van der Waals surface area (Å²) in [4.78, 5) is 54.3. The Balaban J connectivity index is 1.49. The molecule has 0 bridgehead atoms. The van der Waals surface area contributed by atoms with Crippen molar-refractivity contribution in [3.05, 3.63) is 65.1 Å². The van der Waals surface area contributed by atoms with Gasteiger partial charge in [0.2, 0.25) is 17.7 Å². The van der Waals surface area contributed by atoms with Crippen molar-refractivity contribution in [1.29, 1.82) is 0 Å². The van der Waals surface area contributed by atoms with Crippen LogP contribution in [0, 0.1) is 5.41 Å². The van der Waals surface area contributed by atoms with Crippen LogP contribution in [0.15, 0.2) is 59.5 Å². The Morgan fingerprint density at radius 2 is 1.76 bits per heavy atom. The molecule has 0 fully saturated rings. The van der Waals surface area contributed by atoms with E-state index in [0.29, 0.717) is 41.9 Å². The number of benzene rings is 2. The van der Waals surface area contributed by atoms with Crippen LogP contribution in [-0.4, -0.2) is 42.5 Å². The quantitative estimate of drug-likeness (QED) is 0.374. The van der Waals surface area contributed by atoms with Crippen LogP contribution in [0.3, 0.4) is 0 Å². The van der Waals surface area contributed by atoms with E-state index in [2.05, 4.69) is 0 Å². The Kier molecular flexibility index (Phi) is 7.07. The van der Waals surface area contributed by atoms with Gasteiger partial charge in [0.25, 0.3) is 5.56 Å². The summed E-state index contributed by atoms with van der Waals surface area (Å²) in [6.45, 7) is 5.84. The maximum Gasteiger partial charge on any atom is 0.259 e. The molecule has 0 radical (unpaired) electrons. The lowest BCUT2D eigenvalue weighted by molar-refractivity contribution is -0.137. The molecular formula is C28H32N4O5. The van der Waals surface area contributed by atoms with Crippen LogP contribution in [0.2, 0.25) is 0 Å². The van der Waals surface area contributed by atoms with Crippen molar-refractivity contribution in [3.8, 4) is 5.75 Å². The molecule has 1 aliphatic rings. The molecule has 3 aromatic rings. The van der Waals surface area contributed by atoms with Crippen molar-refractivity contribution >= 4 is 39.9 Å². The molecule has 2 N–H and O–H groups in total. The Bertz CT molecular complexity index is 1430. The summed E-state index contributed by atoms with van der Waals surface area (Å²) in [5, 5.41) is 1.33. The third kappa shape index (κ3) is 4.69. The van der Waals surface area contributed by atoms with Gasteiger partial charge in [-0.05, 0) is 63.3 Å². The first kappa shape index (κ1) is 25.9. The van der Waals surface area contributed by atoms with Crippen molar-refractivity contribution in [3.63, 3.8) is 0 Å². The fourth-order valence-corrected chi connectivity index (χ4v) is 4.81. The lowest BCUT2D eigenvalue weighted by Crippen LogP contribution is -2.47. The van der Waals surface area contributed by atoms with E-state index < -0.39 is 17.4 Å². The van der Waals surface area contributed by atoms with Crippen LogP contribution in [0.4, 0.5) is 11.4 Å². The number of hydrogen-bond donors (Lipinski definition) is 1. The summed E-state index contributed by atoms with van der Waals surface area (Å²) in [5.74, 6) is -0.604. The van der Waals surface area contributed by atoms with Gasteiger partial charge in [-0.1, -0.05) is 18.2 Å². The van der Waals surface area contributed by atoms with E-state index in [9.17, 15) is 19.2 Å². The molecule has 4 rings (SSSR count). The van der Waals surface area contributed by atoms with E-state index in [1.807, 2.05) is 19.1 Å². The van der Waals surface area contributed by atoms with Crippen molar-refractivity contribution in [2.24, 2.45) is 11.1 Å². The molecule has 0 aliphatic carbocycles. The number of hydrogen-bond acceptors (Lipinski definition) is 5. The minimum absolute atomic E-state index is 0.249. The molecular weight excluding hydrogens is 472 g/mol. The Morgan fingerprint density at radius 1 is 1.03 bits per heavy atom. The van der Waals surface area contributed by atoms with Gasteiger partial charge in [0.1, 0.15) is 17.2 Å². The molecule has 194 valence electrons. The van der Waals surface area contributed by atoms with Gasteiger partial charge in [-0.3, -0.25) is 19.2 Å². The molecule has 2 aromatic carbocycles. The highest BCUT2D eigenvalue weighted by Gasteiger charge is 2.45. The number of ether oxygens (including phenoxy) is 1. The van der Waals surface area contributed by atoms with Crippen LogP contribution in [0.25, 0.3) is 10.8 Å². The molecule has 1 aromatic heterocycles. The predicted octanol–water partition coefficient (Wildman–Crippen LogP) is 3.24. The van der Waals surface area contributed by atoms with Gasteiger partial charge in [0.05, 0.1) is 18.0 Å². The summed E-state index contributed by atoms with van der Waals surface area (Å²) in [7, 11) is 1.65. The average Bonchev–Trinajstić information content (AvgIpc) is 2.93. The molecule has 1 aliphatic heterocycles. The normalized spacial score (nSPS) is 15.9. The third-order valence-corrected chi connectivity index (χ3v) is 6.93. The zero-order chi connectivity index (χ0) is 26.9. The van der Waals surface area contributed by atoms with Crippen molar-refractivity contribution in [2.45, 2.75) is 39.7 Å². The Labute approximate surface area is 215 Å². The standard InChI is InChI=1S/C28H32N4O5/c1-5-31-21-13-12-19(17-23(21)30(4)26(35)28(2,3)27(31)36)37-16-8-11-22(24(29)33)32-15-14-18-9-6-7-10-20(18)25(32)34/h6-7,9-10,12-15,17,22H,5,8,11,16H2,1-4H3,(H2,29,33). The molecule has 0 saturated heterocycles. The van der Waals surface area contributed by atoms with E-state index in [0.717, 1.165) is 5.39 Å². The second kappa shape index (κ2) is 10.1. The fraction of sp³-hybridized carbons (Fsp3) is 0.357. The van der Waals surface area contributed by atoms with Gasteiger partial charge in [-0.15, -0.1) is 0 Å². The fourth-order valence-electron chi connectivity index (χ4n) is 4.81. The Morgan fingerprint density at radius 3 is 2.46 bits per heavy atom. The minimum Gasteiger partial charge on any atom is -0.494 e. The average molecular weight is 505 g/mol. The zero-order valence-electron chi connectivity index (χ0n) is 21.6. The highest BCUT2D eigenvalue weighted by atomic mass is 16.5. The number of primary amides is 1. The molecule has 9 nitrogen and oxygen atoms in total. The first-order valence-corrected chi connectivity index (χ1v) is 12.3. The number of carbonyl (C=O) groups excluding carboxylic acids is 3. The number of pyridine rings is 1. The van der Waals surface area contributed by atoms with Crippen LogP contribution >= 0.6 is 0 Å². The van der Waals surface area contributed by atoms with Crippen LogP contribution < -0.4 is 25.8 Å². The number of nitrogens with zero attached hydrogens (tertiary/aromatic N) is 3. The number of rotatable bonds is 8. The first-order chi connectivity index (χ1) is 17.6.